The maximum atomic E-state index is 11.1. The summed E-state index contributed by atoms with van der Waals surface area (Å²) in [7, 11) is 1.87. The van der Waals surface area contributed by atoms with Crippen LogP contribution in [0.2, 0.25) is 0 Å². The molecule has 3 heterocycles. The quantitative estimate of drug-likeness (QED) is 0.721. The van der Waals surface area contributed by atoms with E-state index in [4.69, 9.17) is 5.73 Å². The van der Waals surface area contributed by atoms with E-state index < -0.39 is 5.91 Å². The Morgan fingerprint density at radius 1 is 1.58 bits per heavy atom. The van der Waals surface area contributed by atoms with Crippen LogP contribution in [-0.2, 0) is 6.54 Å². The van der Waals surface area contributed by atoms with Gasteiger partial charge in [-0.25, -0.2) is 4.68 Å². The number of hydrogen-bond donors (Lipinski definition) is 2. The molecule has 3 N–H and O–H groups in total. The van der Waals surface area contributed by atoms with Gasteiger partial charge in [0.05, 0.1) is 17.5 Å². The smallest absolute Gasteiger partial charge is 0.251 e. The number of aromatic nitrogens is 4. The molecular weight excluding hydrogens is 264 g/mol. The van der Waals surface area contributed by atoms with Crippen LogP contribution in [-0.4, -0.2) is 32.1 Å². The van der Waals surface area contributed by atoms with Gasteiger partial charge >= 0.3 is 0 Å². The summed E-state index contributed by atoms with van der Waals surface area (Å²) >= 11 is 1.55. The molecule has 0 unspecified atom stereocenters. The van der Waals surface area contributed by atoms with Crippen LogP contribution in [0.15, 0.2) is 24.0 Å². The summed E-state index contributed by atoms with van der Waals surface area (Å²) in [5.74, 6) is 0.205. The zero-order chi connectivity index (χ0) is 13.4. The number of rotatable bonds is 4. The Labute approximate surface area is 112 Å². The van der Waals surface area contributed by atoms with E-state index >= 15 is 0 Å². The van der Waals surface area contributed by atoms with Crippen molar-refractivity contribution in [2.45, 2.75) is 6.54 Å². The molecule has 8 heteroatoms. The van der Waals surface area contributed by atoms with Gasteiger partial charge in [0.15, 0.2) is 10.8 Å². The molecule has 0 aliphatic carbocycles. The number of amides is 1. The van der Waals surface area contributed by atoms with Gasteiger partial charge in [-0.15, -0.1) is 11.3 Å². The summed E-state index contributed by atoms with van der Waals surface area (Å²) < 4.78 is 3.58. The zero-order valence-electron chi connectivity index (χ0n) is 10.2. The van der Waals surface area contributed by atoms with Crippen molar-refractivity contribution in [3.63, 3.8) is 0 Å². The third-order valence-corrected chi connectivity index (χ3v) is 3.52. The summed E-state index contributed by atoms with van der Waals surface area (Å²) in [5, 5.41) is 9.22. The van der Waals surface area contributed by atoms with Gasteiger partial charge < -0.3 is 11.1 Å². The Balaban J connectivity index is 2.14. The van der Waals surface area contributed by atoms with E-state index in [9.17, 15) is 4.79 Å². The number of nitrogens with zero attached hydrogens (tertiary/aromatic N) is 4. The maximum absolute atomic E-state index is 11.1. The number of fused-ring (bicyclic) bond motifs is 1. The number of primary amides is 1. The van der Waals surface area contributed by atoms with Gasteiger partial charge in [-0.05, 0) is 7.05 Å². The minimum absolute atomic E-state index is 0.367. The van der Waals surface area contributed by atoms with Crippen LogP contribution in [0.5, 0.6) is 0 Å². The summed E-state index contributed by atoms with van der Waals surface area (Å²) in [4.78, 5) is 16.5. The number of nitrogens with one attached hydrogen (secondary N) is 1. The average molecular weight is 276 g/mol. The standard InChI is InChI=1S/C11H12N6OS/c1-13-5-8-10(15-11-16(8)2-3-19-11)17-6-7(4-14-17)9(12)18/h2-4,6,13H,5H2,1H3,(H2,12,18). The molecule has 0 bridgehead atoms. The molecule has 19 heavy (non-hydrogen) atoms. The number of carbonyl (C=O) groups is 1. The summed E-state index contributed by atoms with van der Waals surface area (Å²) in [6.07, 6.45) is 4.99. The van der Waals surface area contributed by atoms with Crippen molar-refractivity contribution in [1.82, 2.24) is 24.5 Å². The Bertz CT molecular complexity index is 739. The summed E-state index contributed by atoms with van der Waals surface area (Å²) in [6.45, 7) is 0.652. The fourth-order valence-electron chi connectivity index (χ4n) is 1.90. The first-order valence-electron chi connectivity index (χ1n) is 5.64. The van der Waals surface area contributed by atoms with E-state index in [1.165, 1.54) is 6.20 Å². The topological polar surface area (TPSA) is 90.2 Å². The second-order valence-corrected chi connectivity index (χ2v) is 4.88. The largest absolute Gasteiger partial charge is 0.366 e. The van der Waals surface area contributed by atoms with Crippen molar-refractivity contribution in [2.24, 2.45) is 5.73 Å². The lowest BCUT2D eigenvalue weighted by atomic mass is 10.3. The summed E-state index contributed by atoms with van der Waals surface area (Å²) in [6, 6.07) is 0. The normalized spacial score (nSPS) is 11.2. The fraction of sp³-hybridized carbons (Fsp3) is 0.182. The van der Waals surface area contributed by atoms with Gasteiger partial charge in [0.25, 0.3) is 5.91 Å². The first kappa shape index (κ1) is 11.9. The zero-order valence-corrected chi connectivity index (χ0v) is 11.0. The minimum atomic E-state index is -0.498. The molecule has 0 radical (unpaired) electrons. The van der Waals surface area contributed by atoms with E-state index in [0.717, 1.165) is 10.7 Å². The molecule has 3 aromatic rings. The molecule has 0 aromatic carbocycles. The molecule has 0 saturated heterocycles. The number of thiazole rings is 1. The number of imidazole rings is 1. The Kier molecular flexibility index (Phi) is 2.80. The number of nitrogens with two attached hydrogens (primary N) is 1. The van der Waals surface area contributed by atoms with Gasteiger partial charge in [0.2, 0.25) is 0 Å². The SMILES string of the molecule is CNCc1c(-n2cc(C(N)=O)cn2)nc2sccn12. The molecule has 98 valence electrons. The highest BCUT2D eigenvalue weighted by Crippen LogP contribution is 2.20. The second-order valence-electron chi connectivity index (χ2n) is 4.01. The van der Waals surface area contributed by atoms with Gasteiger partial charge in [0, 0.05) is 24.3 Å². The molecule has 0 atom stereocenters. The first-order valence-corrected chi connectivity index (χ1v) is 6.52. The maximum Gasteiger partial charge on any atom is 0.251 e. The van der Waals surface area contributed by atoms with E-state index in [1.807, 2.05) is 23.0 Å². The molecule has 0 fully saturated rings. The number of hydrogen-bond acceptors (Lipinski definition) is 5. The Morgan fingerprint density at radius 3 is 3.11 bits per heavy atom. The molecule has 1 amide bonds. The predicted molar refractivity (Wildman–Crippen MR) is 71.5 cm³/mol. The fourth-order valence-corrected chi connectivity index (χ4v) is 2.63. The van der Waals surface area contributed by atoms with Crippen molar-refractivity contribution in [3.05, 3.63) is 35.2 Å². The lowest BCUT2D eigenvalue weighted by Crippen LogP contribution is -2.11. The van der Waals surface area contributed by atoms with Gasteiger partial charge in [0.1, 0.15) is 0 Å². The van der Waals surface area contributed by atoms with Gasteiger partial charge in [-0.2, -0.15) is 10.1 Å². The lowest BCUT2D eigenvalue weighted by molar-refractivity contribution is 0.100. The van der Waals surface area contributed by atoms with Crippen LogP contribution in [0.4, 0.5) is 0 Å². The van der Waals surface area contributed by atoms with Crippen LogP contribution in [0.25, 0.3) is 10.8 Å². The molecule has 7 nitrogen and oxygen atoms in total. The van der Waals surface area contributed by atoms with Crippen molar-refractivity contribution in [3.8, 4) is 5.82 Å². The van der Waals surface area contributed by atoms with E-state index in [1.54, 1.807) is 22.2 Å². The van der Waals surface area contributed by atoms with Crippen LogP contribution < -0.4 is 11.1 Å². The van der Waals surface area contributed by atoms with Crippen LogP contribution in [0.3, 0.4) is 0 Å². The van der Waals surface area contributed by atoms with E-state index in [-0.39, 0.29) is 0 Å². The third-order valence-electron chi connectivity index (χ3n) is 2.77. The third kappa shape index (κ3) is 1.90. The van der Waals surface area contributed by atoms with Gasteiger partial charge in [-0.1, -0.05) is 0 Å². The van der Waals surface area contributed by atoms with Crippen molar-refractivity contribution in [2.75, 3.05) is 7.05 Å². The molecule has 0 spiro atoms. The van der Waals surface area contributed by atoms with Crippen LogP contribution in [0, 0.1) is 0 Å². The van der Waals surface area contributed by atoms with E-state index in [0.29, 0.717) is 17.9 Å². The van der Waals surface area contributed by atoms with Crippen molar-refractivity contribution >= 4 is 22.2 Å². The Morgan fingerprint density at radius 2 is 2.42 bits per heavy atom. The minimum Gasteiger partial charge on any atom is -0.366 e. The molecular formula is C11H12N6OS. The molecule has 3 rings (SSSR count). The monoisotopic (exact) mass is 276 g/mol. The van der Waals surface area contributed by atoms with Gasteiger partial charge in [-0.3, -0.25) is 9.20 Å². The van der Waals surface area contributed by atoms with E-state index in [2.05, 4.69) is 15.4 Å². The molecule has 0 aliphatic rings. The Hall–Kier alpha value is -2.19. The highest BCUT2D eigenvalue weighted by atomic mass is 32.1. The molecule has 0 aliphatic heterocycles. The highest BCUT2D eigenvalue weighted by Gasteiger charge is 2.16. The van der Waals surface area contributed by atoms with Crippen molar-refractivity contribution in [1.29, 1.82) is 0 Å². The van der Waals surface area contributed by atoms with Crippen molar-refractivity contribution < 1.29 is 4.79 Å². The van der Waals surface area contributed by atoms with Crippen LogP contribution >= 0.6 is 11.3 Å². The first-order chi connectivity index (χ1) is 9.20. The average Bonchev–Trinajstić information content (AvgIpc) is 3.04. The second kappa shape index (κ2) is 4.48. The predicted octanol–water partition coefficient (Wildman–Crippen LogP) is 0.400. The highest BCUT2D eigenvalue weighted by molar-refractivity contribution is 7.15. The summed E-state index contributed by atoms with van der Waals surface area (Å²) in [5.41, 5.74) is 6.58. The molecule has 3 aromatic heterocycles. The lowest BCUT2D eigenvalue weighted by Gasteiger charge is -2.02. The molecule has 0 saturated carbocycles. The van der Waals surface area contributed by atoms with Crippen LogP contribution in [0.1, 0.15) is 16.1 Å². The number of carbonyl (C=O) groups excluding carboxylic acids is 1.